The first-order valence-electron chi connectivity index (χ1n) is 6.27. The minimum absolute atomic E-state index is 0.218. The smallest absolute Gasteiger partial charge is 0.356 e. The molecule has 13 heteroatoms. The zero-order valence-electron chi connectivity index (χ0n) is 12.2. The summed E-state index contributed by atoms with van der Waals surface area (Å²) >= 11 is 0.218. The molecule has 0 aliphatic rings. The maximum atomic E-state index is 11.5. The Labute approximate surface area is 145 Å². The molecular formula is C13H6N2O10S. The van der Waals surface area contributed by atoms with Crippen molar-refractivity contribution in [3.8, 4) is 10.7 Å². The zero-order valence-corrected chi connectivity index (χ0v) is 13.0. The third-order valence-corrected chi connectivity index (χ3v) is 3.96. The summed E-state index contributed by atoms with van der Waals surface area (Å²) in [5, 5.41) is 44.9. The SMILES string of the molecule is O=C(O)c1cc(C(=O)O)c(C(=O)O)c(-c2nc(C(=O)O)c(C(=O)O)s2)n1. The molecule has 134 valence electrons. The highest BCUT2D eigenvalue weighted by molar-refractivity contribution is 7.17. The molecule has 0 aliphatic heterocycles. The second kappa shape index (κ2) is 6.56. The Bertz CT molecular complexity index is 962. The van der Waals surface area contributed by atoms with E-state index >= 15 is 0 Å². The summed E-state index contributed by atoms with van der Waals surface area (Å²) in [6.07, 6.45) is 0. The summed E-state index contributed by atoms with van der Waals surface area (Å²) in [6.45, 7) is 0. The first-order valence-corrected chi connectivity index (χ1v) is 7.09. The van der Waals surface area contributed by atoms with Gasteiger partial charge in [-0.2, -0.15) is 0 Å². The fourth-order valence-electron chi connectivity index (χ4n) is 1.91. The van der Waals surface area contributed by atoms with Crippen LogP contribution in [0.25, 0.3) is 10.7 Å². The van der Waals surface area contributed by atoms with Gasteiger partial charge in [-0.15, -0.1) is 11.3 Å². The van der Waals surface area contributed by atoms with Gasteiger partial charge in [0.15, 0.2) is 5.69 Å². The highest BCUT2D eigenvalue weighted by Gasteiger charge is 2.30. The van der Waals surface area contributed by atoms with Crippen LogP contribution < -0.4 is 0 Å². The average molecular weight is 382 g/mol. The van der Waals surface area contributed by atoms with Crippen LogP contribution in [0.15, 0.2) is 6.07 Å². The summed E-state index contributed by atoms with van der Waals surface area (Å²) in [5.74, 6) is -8.66. The van der Waals surface area contributed by atoms with E-state index in [0.717, 1.165) is 0 Å². The Balaban J connectivity index is 2.92. The lowest BCUT2D eigenvalue weighted by Crippen LogP contribution is -2.15. The third kappa shape index (κ3) is 3.18. The minimum Gasteiger partial charge on any atom is -0.478 e. The van der Waals surface area contributed by atoms with Gasteiger partial charge >= 0.3 is 29.8 Å². The fraction of sp³-hybridized carbons (Fsp3) is 0. The topological polar surface area (TPSA) is 212 Å². The van der Waals surface area contributed by atoms with Gasteiger partial charge in [-0.25, -0.2) is 33.9 Å². The molecule has 2 aromatic heterocycles. The standard InChI is InChI=1S/C13H6N2O10S/c16-9(17)2-1-3(10(18)19)14-5(4(2)11(20)21)8-15-6(12(22)23)7(26-8)13(24)25/h1H,(H,16,17)(H,18,19)(H,20,21)(H,22,23)(H,24,25). The molecule has 26 heavy (non-hydrogen) atoms. The van der Waals surface area contributed by atoms with Crippen LogP contribution in [0.2, 0.25) is 0 Å². The largest absolute Gasteiger partial charge is 0.478 e. The van der Waals surface area contributed by atoms with Crippen molar-refractivity contribution < 1.29 is 49.5 Å². The molecule has 5 N–H and O–H groups in total. The Morgan fingerprint density at radius 2 is 1.38 bits per heavy atom. The molecule has 0 aliphatic carbocycles. The molecule has 2 heterocycles. The third-order valence-electron chi connectivity index (χ3n) is 2.91. The molecule has 0 unspecified atom stereocenters. The van der Waals surface area contributed by atoms with Crippen molar-refractivity contribution in [3.63, 3.8) is 0 Å². The number of thiazole rings is 1. The molecule has 12 nitrogen and oxygen atoms in total. The predicted octanol–water partition coefficient (Wildman–Crippen LogP) is 0.696. The number of carbonyl (C=O) groups is 5. The van der Waals surface area contributed by atoms with Gasteiger partial charge in [-0.05, 0) is 6.07 Å². The van der Waals surface area contributed by atoms with Crippen LogP contribution in [-0.2, 0) is 0 Å². The van der Waals surface area contributed by atoms with E-state index < -0.39 is 67.9 Å². The Morgan fingerprint density at radius 1 is 0.769 bits per heavy atom. The maximum Gasteiger partial charge on any atom is 0.356 e. The van der Waals surface area contributed by atoms with Gasteiger partial charge in [-0.3, -0.25) is 0 Å². The molecule has 0 bridgehead atoms. The van der Waals surface area contributed by atoms with Crippen molar-refractivity contribution in [3.05, 3.63) is 33.5 Å². The fourth-order valence-corrected chi connectivity index (χ4v) is 2.80. The van der Waals surface area contributed by atoms with Crippen molar-refractivity contribution in [2.45, 2.75) is 0 Å². The molecule has 0 saturated carbocycles. The molecular weight excluding hydrogens is 376 g/mol. The lowest BCUT2D eigenvalue weighted by atomic mass is 10.0. The van der Waals surface area contributed by atoms with E-state index in [-0.39, 0.29) is 11.3 Å². The normalized spacial score (nSPS) is 10.3. The van der Waals surface area contributed by atoms with E-state index in [1.165, 1.54) is 0 Å². The number of nitrogens with zero attached hydrogens (tertiary/aromatic N) is 2. The number of aromatic carboxylic acids is 5. The summed E-state index contributed by atoms with van der Waals surface area (Å²) in [4.78, 5) is 62.3. The minimum atomic E-state index is -1.80. The number of aromatic nitrogens is 2. The van der Waals surface area contributed by atoms with Crippen molar-refractivity contribution in [2.75, 3.05) is 0 Å². The van der Waals surface area contributed by atoms with E-state index in [1.54, 1.807) is 0 Å². The van der Waals surface area contributed by atoms with Crippen molar-refractivity contribution in [1.82, 2.24) is 9.97 Å². The zero-order chi connectivity index (χ0) is 19.8. The van der Waals surface area contributed by atoms with Gasteiger partial charge in [0.2, 0.25) is 0 Å². The first-order chi connectivity index (χ1) is 12.0. The van der Waals surface area contributed by atoms with E-state index in [1.807, 2.05) is 0 Å². The highest BCUT2D eigenvalue weighted by Crippen LogP contribution is 2.31. The monoisotopic (exact) mass is 382 g/mol. The van der Waals surface area contributed by atoms with Crippen LogP contribution in [-0.4, -0.2) is 65.3 Å². The average Bonchev–Trinajstić information content (AvgIpc) is 2.98. The number of rotatable bonds is 6. The van der Waals surface area contributed by atoms with Crippen molar-refractivity contribution >= 4 is 41.2 Å². The van der Waals surface area contributed by atoms with Crippen LogP contribution in [0.4, 0.5) is 0 Å². The van der Waals surface area contributed by atoms with Gasteiger partial charge in [0.1, 0.15) is 26.8 Å². The lowest BCUT2D eigenvalue weighted by molar-refractivity contribution is 0.0648. The van der Waals surface area contributed by atoms with E-state index in [0.29, 0.717) is 6.07 Å². The van der Waals surface area contributed by atoms with E-state index in [4.69, 9.17) is 20.4 Å². The molecule has 0 radical (unpaired) electrons. The molecule has 0 aromatic carbocycles. The van der Waals surface area contributed by atoms with Crippen LogP contribution in [0.5, 0.6) is 0 Å². The molecule has 0 atom stereocenters. The molecule has 0 amide bonds. The van der Waals surface area contributed by atoms with Crippen LogP contribution in [0.3, 0.4) is 0 Å². The predicted molar refractivity (Wildman–Crippen MR) is 80.1 cm³/mol. The van der Waals surface area contributed by atoms with E-state index in [9.17, 15) is 29.1 Å². The number of hydrogen-bond acceptors (Lipinski definition) is 8. The Kier molecular flexibility index (Phi) is 4.66. The van der Waals surface area contributed by atoms with Gasteiger partial charge in [0.25, 0.3) is 0 Å². The van der Waals surface area contributed by atoms with Gasteiger partial charge in [0.05, 0.1) is 5.56 Å². The molecule has 0 spiro atoms. The summed E-state index contributed by atoms with van der Waals surface area (Å²) in [7, 11) is 0. The Morgan fingerprint density at radius 3 is 1.77 bits per heavy atom. The molecule has 2 rings (SSSR count). The molecule has 0 saturated heterocycles. The number of pyridine rings is 1. The molecule has 2 aromatic rings. The quantitative estimate of drug-likeness (QED) is 0.467. The van der Waals surface area contributed by atoms with Crippen molar-refractivity contribution in [2.24, 2.45) is 0 Å². The van der Waals surface area contributed by atoms with Crippen LogP contribution in [0.1, 0.15) is 51.4 Å². The summed E-state index contributed by atoms with van der Waals surface area (Å²) < 4.78 is 0. The highest BCUT2D eigenvalue weighted by atomic mass is 32.1. The number of carboxylic acid groups (broad SMARTS) is 5. The Hall–Kier alpha value is -3.87. The second-order valence-corrected chi connectivity index (χ2v) is 5.50. The van der Waals surface area contributed by atoms with Crippen molar-refractivity contribution in [1.29, 1.82) is 0 Å². The van der Waals surface area contributed by atoms with Gasteiger partial charge in [0, 0.05) is 0 Å². The van der Waals surface area contributed by atoms with Crippen LogP contribution >= 0.6 is 11.3 Å². The van der Waals surface area contributed by atoms with E-state index in [2.05, 4.69) is 9.97 Å². The first kappa shape index (κ1) is 18.5. The summed E-state index contributed by atoms with van der Waals surface area (Å²) in [6, 6.07) is 0.515. The van der Waals surface area contributed by atoms with Gasteiger partial charge < -0.3 is 25.5 Å². The van der Waals surface area contributed by atoms with Gasteiger partial charge in [-0.1, -0.05) is 0 Å². The number of carboxylic acids is 5. The lowest BCUT2D eigenvalue weighted by Gasteiger charge is -2.07. The maximum absolute atomic E-state index is 11.5. The summed E-state index contributed by atoms with van der Waals surface area (Å²) in [5.41, 5.74) is -4.41. The second-order valence-electron chi connectivity index (χ2n) is 4.50. The number of hydrogen-bond donors (Lipinski definition) is 5. The van der Waals surface area contributed by atoms with Crippen LogP contribution in [0, 0.1) is 0 Å². The molecule has 0 fully saturated rings.